The van der Waals surface area contributed by atoms with Crippen LogP contribution in [0.5, 0.6) is 0 Å². The molecule has 3 rings (SSSR count). The van der Waals surface area contributed by atoms with E-state index in [9.17, 15) is 0 Å². The lowest BCUT2D eigenvalue weighted by molar-refractivity contribution is 0.561. The highest BCUT2D eigenvalue weighted by Gasteiger charge is 2.09. The Morgan fingerprint density at radius 2 is 2.10 bits per heavy atom. The average Bonchev–Trinajstić information content (AvgIpc) is 3.04. The predicted molar refractivity (Wildman–Crippen MR) is 79.8 cm³/mol. The van der Waals surface area contributed by atoms with Gasteiger partial charge in [0.25, 0.3) is 0 Å². The number of H-pyrrole nitrogens is 1. The van der Waals surface area contributed by atoms with E-state index in [1.807, 2.05) is 19.1 Å². The van der Waals surface area contributed by atoms with Crippen LogP contribution in [0.25, 0.3) is 11.1 Å². The van der Waals surface area contributed by atoms with E-state index in [4.69, 9.17) is 4.42 Å². The van der Waals surface area contributed by atoms with Crippen LogP contribution in [0, 0.1) is 6.92 Å². The van der Waals surface area contributed by atoms with Crippen LogP contribution in [0.1, 0.15) is 42.9 Å². The van der Waals surface area contributed by atoms with Gasteiger partial charge in [-0.25, -0.2) is 9.97 Å². The number of rotatable bonds is 5. The monoisotopic (exact) mass is 285 g/mol. The third-order valence-electron chi connectivity index (χ3n) is 3.28. The number of nitrogens with zero attached hydrogens (tertiary/aromatic N) is 3. The molecule has 0 atom stereocenters. The van der Waals surface area contributed by atoms with Crippen LogP contribution >= 0.6 is 0 Å². The highest BCUT2D eigenvalue weighted by Crippen LogP contribution is 2.19. The quantitative estimate of drug-likeness (QED) is 0.753. The van der Waals surface area contributed by atoms with Crippen molar-refractivity contribution in [2.75, 3.05) is 0 Å². The molecule has 0 aliphatic carbocycles. The Kier molecular flexibility index (Phi) is 3.70. The molecule has 0 saturated heterocycles. The molecule has 0 aliphatic rings. The van der Waals surface area contributed by atoms with Crippen LogP contribution in [0.2, 0.25) is 0 Å². The Bertz CT molecular complexity index is 743. The summed E-state index contributed by atoms with van der Waals surface area (Å²) in [6, 6.07) is 5.97. The first-order chi connectivity index (χ1) is 10.1. The van der Waals surface area contributed by atoms with E-state index in [-0.39, 0.29) is 0 Å². The second-order valence-electron chi connectivity index (χ2n) is 5.40. The summed E-state index contributed by atoms with van der Waals surface area (Å²) in [6.45, 7) is 7.37. The maximum Gasteiger partial charge on any atom is 0.192 e. The van der Waals surface area contributed by atoms with Crippen molar-refractivity contribution in [3.8, 4) is 0 Å². The summed E-state index contributed by atoms with van der Waals surface area (Å²) in [5, 5.41) is 10.5. The van der Waals surface area contributed by atoms with E-state index < -0.39 is 0 Å². The molecule has 0 bridgehead atoms. The first-order valence-electron chi connectivity index (χ1n) is 7.10. The summed E-state index contributed by atoms with van der Waals surface area (Å²) in [6.07, 6.45) is 0. The molecule has 2 heterocycles. The summed E-state index contributed by atoms with van der Waals surface area (Å²) in [5.74, 6) is 2.72. The molecule has 1 aromatic carbocycles. The van der Waals surface area contributed by atoms with Crippen LogP contribution in [0.4, 0.5) is 0 Å². The second kappa shape index (κ2) is 5.65. The molecule has 2 N–H and O–H groups in total. The van der Waals surface area contributed by atoms with Gasteiger partial charge < -0.3 is 9.73 Å². The van der Waals surface area contributed by atoms with Crippen molar-refractivity contribution in [2.45, 2.75) is 39.8 Å². The minimum atomic E-state index is 0.335. The standard InChI is InChI=1S/C15H19N5O/c1-9(2)15-18-13(19-20-15)8-16-7-11-5-4-6-12-14(11)17-10(3)21-12/h4-6,9,16H,7-8H2,1-3H3,(H,18,19,20). The highest BCUT2D eigenvalue weighted by molar-refractivity contribution is 5.76. The average molecular weight is 285 g/mol. The van der Waals surface area contributed by atoms with Gasteiger partial charge in [-0.2, -0.15) is 5.10 Å². The maximum absolute atomic E-state index is 5.54. The fourth-order valence-electron chi connectivity index (χ4n) is 2.22. The molecule has 0 unspecified atom stereocenters. The van der Waals surface area contributed by atoms with Crippen LogP contribution in [0.3, 0.4) is 0 Å². The fraction of sp³-hybridized carbons (Fsp3) is 0.400. The molecule has 0 aliphatic heterocycles. The van der Waals surface area contributed by atoms with Crippen LogP contribution in [-0.2, 0) is 13.1 Å². The molecule has 6 heteroatoms. The molecule has 21 heavy (non-hydrogen) atoms. The van der Waals surface area contributed by atoms with Crippen LogP contribution in [0.15, 0.2) is 22.6 Å². The zero-order chi connectivity index (χ0) is 14.8. The van der Waals surface area contributed by atoms with Crippen molar-refractivity contribution in [2.24, 2.45) is 0 Å². The molecule has 0 amide bonds. The zero-order valence-corrected chi connectivity index (χ0v) is 12.5. The number of nitrogens with one attached hydrogen (secondary N) is 2. The second-order valence-corrected chi connectivity index (χ2v) is 5.40. The largest absolute Gasteiger partial charge is 0.441 e. The van der Waals surface area contributed by atoms with Crippen molar-refractivity contribution >= 4 is 11.1 Å². The summed E-state index contributed by atoms with van der Waals surface area (Å²) in [4.78, 5) is 8.87. The third kappa shape index (κ3) is 2.95. The van der Waals surface area contributed by atoms with Crippen LogP contribution < -0.4 is 5.32 Å². The molecule has 110 valence electrons. The summed E-state index contributed by atoms with van der Waals surface area (Å²) >= 11 is 0. The number of fused-ring (bicyclic) bond motifs is 1. The van der Waals surface area contributed by atoms with E-state index >= 15 is 0 Å². The van der Waals surface area contributed by atoms with Crippen LogP contribution in [-0.4, -0.2) is 20.2 Å². The van der Waals surface area contributed by atoms with Crippen molar-refractivity contribution in [3.63, 3.8) is 0 Å². The van der Waals surface area contributed by atoms with E-state index in [0.717, 1.165) is 28.3 Å². The Morgan fingerprint density at radius 1 is 1.24 bits per heavy atom. The van der Waals surface area contributed by atoms with Gasteiger partial charge in [0.05, 0.1) is 6.54 Å². The van der Waals surface area contributed by atoms with Gasteiger partial charge in [-0.3, -0.25) is 5.10 Å². The summed E-state index contributed by atoms with van der Waals surface area (Å²) < 4.78 is 5.54. The topological polar surface area (TPSA) is 79.6 Å². The summed E-state index contributed by atoms with van der Waals surface area (Å²) in [7, 11) is 0. The van der Waals surface area contributed by atoms with Gasteiger partial charge in [0.2, 0.25) is 0 Å². The molecule has 0 radical (unpaired) electrons. The number of aryl methyl sites for hydroxylation is 1. The molecule has 0 spiro atoms. The fourth-order valence-corrected chi connectivity index (χ4v) is 2.22. The van der Waals surface area contributed by atoms with Gasteiger partial charge in [-0.15, -0.1) is 0 Å². The Morgan fingerprint density at radius 3 is 2.86 bits per heavy atom. The van der Waals surface area contributed by atoms with E-state index in [1.165, 1.54) is 0 Å². The van der Waals surface area contributed by atoms with Gasteiger partial charge in [0.15, 0.2) is 17.3 Å². The van der Waals surface area contributed by atoms with E-state index in [1.54, 1.807) is 0 Å². The molecule has 0 fully saturated rings. The van der Waals surface area contributed by atoms with E-state index in [2.05, 4.69) is 45.4 Å². The molecular weight excluding hydrogens is 266 g/mol. The number of hydrogen-bond donors (Lipinski definition) is 2. The maximum atomic E-state index is 5.54. The minimum Gasteiger partial charge on any atom is -0.441 e. The first-order valence-corrected chi connectivity index (χ1v) is 7.10. The summed E-state index contributed by atoms with van der Waals surface area (Å²) in [5.41, 5.74) is 2.87. The lowest BCUT2D eigenvalue weighted by Gasteiger charge is -2.03. The molecule has 0 saturated carbocycles. The number of hydrogen-bond acceptors (Lipinski definition) is 5. The van der Waals surface area contributed by atoms with E-state index in [0.29, 0.717) is 24.9 Å². The SMILES string of the molecule is Cc1nc2c(CNCc3nc(C(C)C)n[nH]3)cccc2o1. The first kappa shape index (κ1) is 13.8. The van der Waals surface area contributed by atoms with Gasteiger partial charge in [0, 0.05) is 19.4 Å². The Hall–Kier alpha value is -2.21. The van der Waals surface area contributed by atoms with Crippen molar-refractivity contribution in [3.05, 3.63) is 41.3 Å². The zero-order valence-electron chi connectivity index (χ0n) is 12.5. The Labute approximate surface area is 123 Å². The number of para-hydroxylation sites is 1. The number of aromatic amines is 1. The smallest absolute Gasteiger partial charge is 0.192 e. The molecule has 6 nitrogen and oxygen atoms in total. The molecule has 3 aromatic rings. The molecular formula is C15H19N5O. The van der Waals surface area contributed by atoms with Crippen molar-refractivity contribution < 1.29 is 4.42 Å². The minimum absolute atomic E-state index is 0.335. The van der Waals surface area contributed by atoms with Gasteiger partial charge in [0.1, 0.15) is 11.3 Å². The number of oxazole rings is 1. The lowest BCUT2D eigenvalue weighted by Crippen LogP contribution is -2.14. The predicted octanol–water partition coefficient (Wildman–Crippen LogP) is 2.67. The normalized spacial score (nSPS) is 11.6. The third-order valence-corrected chi connectivity index (χ3v) is 3.28. The highest BCUT2D eigenvalue weighted by atomic mass is 16.3. The van der Waals surface area contributed by atoms with Crippen molar-refractivity contribution in [1.29, 1.82) is 0 Å². The lowest BCUT2D eigenvalue weighted by atomic mass is 10.2. The van der Waals surface area contributed by atoms with Crippen molar-refractivity contribution in [1.82, 2.24) is 25.5 Å². The number of aromatic nitrogens is 4. The molecule has 2 aromatic heterocycles. The van der Waals surface area contributed by atoms with Gasteiger partial charge in [-0.05, 0) is 11.6 Å². The van der Waals surface area contributed by atoms with Gasteiger partial charge in [-0.1, -0.05) is 26.0 Å². The Balaban J connectivity index is 1.66. The number of benzene rings is 1. The van der Waals surface area contributed by atoms with Gasteiger partial charge >= 0.3 is 0 Å².